The topological polar surface area (TPSA) is 112 Å². The van der Waals surface area contributed by atoms with Crippen molar-refractivity contribution in [2.45, 2.75) is 17.7 Å². The number of rotatable bonds is 9. The van der Waals surface area contributed by atoms with Gasteiger partial charge in [0.05, 0.1) is 18.3 Å². The molecule has 1 aliphatic rings. The molecule has 0 spiro atoms. The molecule has 37 heavy (non-hydrogen) atoms. The van der Waals surface area contributed by atoms with Crippen molar-refractivity contribution in [3.8, 4) is 11.3 Å². The van der Waals surface area contributed by atoms with E-state index in [1.165, 1.54) is 10.7 Å². The Morgan fingerprint density at radius 2 is 1.92 bits per heavy atom. The van der Waals surface area contributed by atoms with Gasteiger partial charge in [-0.2, -0.15) is 5.10 Å². The Morgan fingerprint density at radius 1 is 1.16 bits per heavy atom. The Morgan fingerprint density at radius 3 is 2.59 bits per heavy atom. The van der Waals surface area contributed by atoms with Crippen LogP contribution in [0.1, 0.15) is 17.0 Å². The highest BCUT2D eigenvalue weighted by Gasteiger charge is 2.35. The number of halogens is 2. The standard InChI is InChI=1S/C25H29F2N5O4S/c1-31-24(12-22(30-31)17-5-3-16(4-6-17)15-37(34)35)29-25(33)28-23-14-32(9-10-36-2)13-19(23)18-7-8-20(26)21(27)11-18/h3-8,11-12,19,23H,9-10,13-15H2,1-2H3,(H,34,35)(H2,28,29,33)/p-1/t19-,23+/m0/s1. The second kappa shape index (κ2) is 11.9. The number of aromatic nitrogens is 2. The van der Waals surface area contributed by atoms with E-state index in [9.17, 15) is 22.3 Å². The monoisotopic (exact) mass is 532 g/mol. The second-order valence-electron chi connectivity index (χ2n) is 8.92. The highest BCUT2D eigenvalue weighted by molar-refractivity contribution is 7.78. The molecule has 0 bridgehead atoms. The van der Waals surface area contributed by atoms with Gasteiger partial charge in [-0.3, -0.25) is 19.1 Å². The van der Waals surface area contributed by atoms with Crippen LogP contribution < -0.4 is 10.6 Å². The third-order valence-electron chi connectivity index (χ3n) is 6.35. The predicted octanol–water partition coefficient (Wildman–Crippen LogP) is 2.98. The molecule has 0 saturated carbocycles. The summed E-state index contributed by atoms with van der Waals surface area (Å²) < 4.78 is 55.9. The summed E-state index contributed by atoms with van der Waals surface area (Å²) in [4.78, 5) is 15.0. The number of ether oxygens (including phenoxy) is 1. The zero-order chi connectivity index (χ0) is 26.5. The Kier molecular flexibility index (Phi) is 8.64. The van der Waals surface area contributed by atoms with E-state index >= 15 is 0 Å². The number of amides is 2. The molecule has 1 fully saturated rings. The van der Waals surface area contributed by atoms with Crippen LogP contribution in [0.2, 0.25) is 0 Å². The van der Waals surface area contributed by atoms with E-state index in [4.69, 9.17) is 4.74 Å². The molecule has 2 amide bonds. The molecule has 1 aromatic heterocycles. The Labute approximate surface area is 216 Å². The number of urea groups is 1. The minimum atomic E-state index is -2.17. The van der Waals surface area contributed by atoms with Crippen LogP contribution in [0.4, 0.5) is 19.4 Å². The first kappa shape index (κ1) is 26.9. The second-order valence-corrected chi connectivity index (χ2v) is 9.82. The van der Waals surface area contributed by atoms with Crippen molar-refractivity contribution < 1.29 is 27.1 Å². The summed E-state index contributed by atoms with van der Waals surface area (Å²) in [6, 6.07) is 11.7. The summed E-state index contributed by atoms with van der Waals surface area (Å²) in [7, 11) is 3.30. The molecule has 0 radical (unpaired) electrons. The molecule has 2 N–H and O–H groups in total. The molecule has 2 heterocycles. The number of carbonyl (C=O) groups excluding carboxylic acids is 1. The third-order valence-corrected chi connectivity index (χ3v) is 6.92. The van der Waals surface area contributed by atoms with Gasteiger partial charge in [0, 0.05) is 57.1 Å². The fourth-order valence-electron chi connectivity index (χ4n) is 4.47. The molecule has 3 atom stereocenters. The van der Waals surface area contributed by atoms with Crippen molar-refractivity contribution in [3.05, 3.63) is 71.3 Å². The van der Waals surface area contributed by atoms with Crippen LogP contribution in [0.25, 0.3) is 11.3 Å². The number of anilines is 1. The Balaban J connectivity index is 1.45. The van der Waals surface area contributed by atoms with E-state index in [1.54, 1.807) is 50.6 Å². The number of hydrogen-bond acceptors (Lipinski definition) is 6. The van der Waals surface area contributed by atoms with Crippen LogP contribution in [0.15, 0.2) is 48.5 Å². The van der Waals surface area contributed by atoms with Crippen molar-refractivity contribution in [1.29, 1.82) is 0 Å². The van der Waals surface area contributed by atoms with Gasteiger partial charge in [0.15, 0.2) is 11.6 Å². The molecule has 1 unspecified atom stereocenters. The van der Waals surface area contributed by atoms with E-state index in [2.05, 4.69) is 20.6 Å². The predicted molar refractivity (Wildman–Crippen MR) is 135 cm³/mol. The maximum absolute atomic E-state index is 13.9. The van der Waals surface area contributed by atoms with Crippen molar-refractivity contribution in [2.75, 3.05) is 38.7 Å². The molecule has 2 aromatic carbocycles. The van der Waals surface area contributed by atoms with E-state index in [0.717, 1.165) is 11.6 Å². The summed E-state index contributed by atoms with van der Waals surface area (Å²) in [5.41, 5.74) is 2.65. The van der Waals surface area contributed by atoms with Gasteiger partial charge in [-0.05, 0) is 23.3 Å². The molecular formula is C25H28F2N5O4S-. The lowest BCUT2D eigenvalue weighted by Gasteiger charge is -2.20. The van der Waals surface area contributed by atoms with Crippen LogP contribution in [0.5, 0.6) is 0 Å². The molecule has 0 aliphatic carbocycles. The molecule has 12 heteroatoms. The first-order valence-corrected chi connectivity index (χ1v) is 12.9. The summed E-state index contributed by atoms with van der Waals surface area (Å²) in [6.45, 7) is 2.24. The van der Waals surface area contributed by atoms with Crippen molar-refractivity contribution >= 4 is 22.9 Å². The largest absolute Gasteiger partial charge is 0.772 e. The van der Waals surface area contributed by atoms with Crippen LogP contribution in [-0.4, -0.2) is 68.9 Å². The number of hydrogen-bond donors (Lipinski definition) is 2. The van der Waals surface area contributed by atoms with Gasteiger partial charge in [0.25, 0.3) is 0 Å². The van der Waals surface area contributed by atoms with Gasteiger partial charge in [-0.15, -0.1) is 0 Å². The minimum Gasteiger partial charge on any atom is -0.772 e. The first-order valence-electron chi connectivity index (χ1n) is 11.7. The molecule has 198 valence electrons. The quantitative estimate of drug-likeness (QED) is 0.410. The van der Waals surface area contributed by atoms with Gasteiger partial charge in [0.2, 0.25) is 0 Å². The van der Waals surface area contributed by atoms with Crippen LogP contribution >= 0.6 is 0 Å². The van der Waals surface area contributed by atoms with Gasteiger partial charge in [0.1, 0.15) is 5.82 Å². The lowest BCUT2D eigenvalue weighted by molar-refractivity contribution is 0.159. The Hall–Kier alpha value is -3.19. The number of aryl methyl sites for hydroxylation is 1. The number of benzene rings is 2. The molecule has 9 nitrogen and oxygen atoms in total. The van der Waals surface area contributed by atoms with E-state index in [-0.39, 0.29) is 17.7 Å². The lowest BCUT2D eigenvalue weighted by atomic mass is 9.94. The Bertz CT molecular complexity index is 1270. The van der Waals surface area contributed by atoms with Crippen LogP contribution in [-0.2, 0) is 28.6 Å². The first-order chi connectivity index (χ1) is 17.7. The van der Waals surface area contributed by atoms with Crippen LogP contribution in [0, 0.1) is 11.6 Å². The smallest absolute Gasteiger partial charge is 0.320 e. The average Bonchev–Trinajstić information content (AvgIpc) is 3.42. The van der Waals surface area contributed by atoms with Gasteiger partial charge < -0.3 is 14.6 Å². The van der Waals surface area contributed by atoms with E-state index < -0.39 is 28.7 Å². The number of carbonyl (C=O) groups is 1. The molecular weight excluding hydrogens is 504 g/mol. The number of nitrogens with zero attached hydrogens (tertiary/aromatic N) is 3. The maximum Gasteiger partial charge on any atom is 0.320 e. The van der Waals surface area contributed by atoms with Crippen molar-refractivity contribution in [1.82, 2.24) is 20.0 Å². The fraction of sp³-hybridized carbons (Fsp3) is 0.360. The minimum absolute atomic E-state index is 0.0644. The summed E-state index contributed by atoms with van der Waals surface area (Å²) in [6.07, 6.45) is 0. The zero-order valence-electron chi connectivity index (χ0n) is 20.4. The average molecular weight is 533 g/mol. The number of nitrogens with one attached hydrogen (secondary N) is 2. The van der Waals surface area contributed by atoms with Crippen molar-refractivity contribution in [3.63, 3.8) is 0 Å². The van der Waals surface area contributed by atoms with Gasteiger partial charge in [-0.25, -0.2) is 13.6 Å². The lowest BCUT2D eigenvalue weighted by Crippen LogP contribution is -2.42. The fourth-order valence-corrected chi connectivity index (χ4v) is 4.93. The van der Waals surface area contributed by atoms with Gasteiger partial charge in [-0.1, -0.05) is 41.4 Å². The number of likely N-dealkylation sites (tertiary alicyclic amines) is 1. The normalized spacial score (nSPS) is 18.6. The third kappa shape index (κ3) is 6.77. The maximum atomic E-state index is 13.9. The highest BCUT2D eigenvalue weighted by Crippen LogP contribution is 2.29. The summed E-state index contributed by atoms with van der Waals surface area (Å²) >= 11 is -2.17. The highest BCUT2D eigenvalue weighted by atomic mass is 32.2. The van der Waals surface area contributed by atoms with Gasteiger partial charge >= 0.3 is 6.03 Å². The summed E-state index contributed by atoms with van der Waals surface area (Å²) in [5, 5.41) is 10.2. The SMILES string of the molecule is COCCN1C[C@@H](NC(=O)Nc2cc(-c3ccc(CS(=O)[O-])cc3)nn2C)[C@H](c2ccc(F)c(F)c2)C1. The molecule has 4 rings (SSSR count). The van der Waals surface area contributed by atoms with Crippen LogP contribution in [0.3, 0.4) is 0 Å². The number of methoxy groups -OCH3 is 1. The van der Waals surface area contributed by atoms with Crippen molar-refractivity contribution in [2.24, 2.45) is 7.05 Å². The zero-order valence-corrected chi connectivity index (χ0v) is 21.3. The molecule has 1 aliphatic heterocycles. The molecule has 1 saturated heterocycles. The molecule has 3 aromatic rings. The van der Waals surface area contributed by atoms with E-state index in [1.807, 2.05) is 0 Å². The van der Waals surface area contributed by atoms with E-state index in [0.29, 0.717) is 48.9 Å². The summed E-state index contributed by atoms with van der Waals surface area (Å²) in [5.74, 6) is -1.68.